The topological polar surface area (TPSA) is 34.1 Å². The van der Waals surface area contributed by atoms with Crippen LogP contribution in [0.2, 0.25) is 0 Å². The van der Waals surface area contributed by atoms with Crippen molar-refractivity contribution in [3.05, 3.63) is 15.6 Å². The monoisotopic (exact) mass is 268 g/mol. The number of thiazole rings is 1. The van der Waals surface area contributed by atoms with Crippen molar-refractivity contribution in [2.24, 2.45) is 0 Å². The van der Waals surface area contributed by atoms with E-state index in [0.717, 1.165) is 11.6 Å². The molecule has 0 amide bonds. The number of nitrogens with one attached hydrogen (secondary N) is 1. The minimum atomic E-state index is -0.267. The lowest BCUT2D eigenvalue weighted by molar-refractivity contribution is 0.0188. The molecular weight excluding hydrogens is 244 g/mol. The highest BCUT2D eigenvalue weighted by Crippen LogP contribution is 2.37. The third-order valence-corrected chi connectivity index (χ3v) is 5.06. The van der Waals surface area contributed by atoms with Gasteiger partial charge >= 0.3 is 0 Å². The maximum absolute atomic E-state index is 5.55. The molecule has 0 spiro atoms. The van der Waals surface area contributed by atoms with Crippen molar-refractivity contribution >= 4 is 11.3 Å². The fourth-order valence-electron chi connectivity index (χ4n) is 2.28. The summed E-state index contributed by atoms with van der Waals surface area (Å²) in [5, 5.41) is 4.72. The van der Waals surface area contributed by atoms with Gasteiger partial charge in [-0.15, -0.1) is 11.3 Å². The van der Waals surface area contributed by atoms with Gasteiger partial charge < -0.3 is 10.1 Å². The number of rotatable bonds is 5. The van der Waals surface area contributed by atoms with Gasteiger partial charge in [0.15, 0.2) is 0 Å². The lowest BCUT2D eigenvalue weighted by atomic mass is 9.97. The van der Waals surface area contributed by atoms with Crippen LogP contribution in [0, 0.1) is 0 Å². The highest BCUT2D eigenvalue weighted by molar-refractivity contribution is 7.11. The molecule has 0 saturated heterocycles. The van der Waals surface area contributed by atoms with Gasteiger partial charge in [0.2, 0.25) is 0 Å². The van der Waals surface area contributed by atoms with Gasteiger partial charge in [0.25, 0.3) is 0 Å². The molecule has 1 N–H and O–H groups in total. The second-order valence-electron chi connectivity index (χ2n) is 5.44. The van der Waals surface area contributed by atoms with Gasteiger partial charge in [0, 0.05) is 12.0 Å². The van der Waals surface area contributed by atoms with Crippen LogP contribution in [0.15, 0.2) is 0 Å². The first-order chi connectivity index (χ1) is 8.58. The number of fused-ring (bicyclic) bond motifs is 1. The number of hydrogen-bond donors (Lipinski definition) is 1. The largest absolute Gasteiger partial charge is 0.372 e. The lowest BCUT2D eigenvalue weighted by Crippen LogP contribution is -2.26. The average Bonchev–Trinajstić information content (AvgIpc) is 2.81. The number of hydrogen-bond acceptors (Lipinski definition) is 4. The molecule has 1 atom stereocenters. The van der Waals surface area contributed by atoms with Crippen molar-refractivity contribution in [1.82, 2.24) is 10.3 Å². The summed E-state index contributed by atoms with van der Waals surface area (Å²) in [7, 11) is 1.76. The van der Waals surface area contributed by atoms with Gasteiger partial charge in [-0.2, -0.15) is 0 Å². The minimum Gasteiger partial charge on any atom is -0.372 e. The van der Waals surface area contributed by atoms with Gasteiger partial charge in [0.1, 0.15) is 10.6 Å². The molecule has 1 unspecified atom stereocenters. The summed E-state index contributed by atoms with van der Waals surface area (Å²) in [6, 6.07) is 0.450. The first-order valence-corrected chi connectivity index (χ1v) is 7.68. The van der Waals surface area contributed by atoms with Crippen molar-refractivity contribution in [3.63, 3.8) is 0 Å². The van der Waals surface area contributed by atoms with Crippen LogP contribution in [0.4, 0.5) is 0 Å². The number of aryl methyl sites for hydroxylation is 1. The van der Waals surface area contributed by atoms with Crippen molar-refractivity contribution in [3.8, 4) is 0 Å². The van der Waals surface area contributed by atoms with Crippen molar-refractivity contribution in [2.75, 3.05) is 13.7 Å². The Balaban J connectivity index is 2.23. The van der Waals surface area contributed by atoms with E-state index in [2.05, 4.69) is 26.1 Å². The summed E-state index contributed by atoms with van der Waals surface area (Å²) in [6.07, 6.45) is 4.83. The molecule has 1 aliphatic rings. The zero-order chi connectivity index (χ0) is 13.2. The molecule has 2 rings (SSSR count). The number of methoxy groups -OCH3 is 1. The zero-order valence-electron chi connectivity index (χ0n) is 11.9. The summed E-state index contributed by atoms with van der Waals surface area (Å²) in [5.74, 6) is 0. The Kier molecular flexibility index (Phi) is 4.41. The quantitative estimate of drug-likeness (QED) is 0.888. The van der Waals surface area contributed by atoms with Crippen molar-refractivity contribution in [1.29, 1.82) is 0 Å². The SMILES string of the molecule is CCCNC1CCCc2sc(C(C)(C)OC)nc21. The normalized spacial score (nSPS) is 19.9. The van der Waals surface area contributed by atoms with Gasteiger partial charge in [-0.3, -0.25) is 0 Å². The highest BCUT2D eigenvalue weighted by Gasteiger charge is 2.30. The maximum atomic E-state index is 5.55. The molecule has 3 nitrogen and oxygen atoms in total. The Hall–Kier alpha value is -0.450. The molecule has 1 aliphatic carbocycles. The molecule has 4 heteroatoms. The van der Waals surface area contributed by atoms with Crippen LogP contribution in [0.3, 0.4) is 0 Å². The second kappa shape index (κ2) is 5.68. The third-order valence-electron chi connectivity index (χ3n) is 3.62. The summed E-state index contributed by atoms with van der Waals surface area (Å²) in [6.45, 7) is 7.46. The van der Waals surface area contributed by atoms with Crippen LogP contribution in [-0.4, -0.2) is 18.6 Å². The molecule has 102 valence electrons. The van der Waals surface area contributed by atoms with E-state index in [-0.39, 0.29) is 5.60 Å². The molecule has 0 fully saturated rings. The fourth-order valence-corrected chi connectivity index (χ4v) is 3.53. The van der Waals surface area contributed by atoms with E-state index in [9.17, 15) is 0 Å². The number of ether oxygens (including phenoxy) is 1. The van der Waals surface area contributed by atoms with E-state index >= 15 is 0 Å². The summed E-state index contributed by atoms with van der Waals surface area (Å²) in [4.78, 5) is 6.31. The zero-order valence-corrected chi connectivity index (χ0v) is 12.7. The Morgan fingerprint density at radius 1 is 1.50 bits per heavy atom. The summed E-state index contributed by atoms with van der Waals surface area (Å²) >= 11 is 1.83. The molecule has 18 heavy (non-hydrogen) atoms. The second-order valence-corrected chi connectivity index (χ2v) is 6.52. The van der Waals surface area contributed by atoms with Crippen LogP contribution < -0.4 is 5.32 Å². The standard InChI is InChI=1S/C14H24N2OS/c1-5-9-15-10-7-6-8-11-12(10)16-13(18-11)14(2,3)17-4/h10,15H,5-9H2,1-4H3. The Morgan fingerprint density at radius 3 is 2.94 bits per heavy atom. The third kappa shape index (κ3) is 2.76. The van der Waals surface area contributed by atoms with Crippen LogP contribution in [0.5, 0.6) is 0 Å². The molecule has 1 aromatic rings. The average molecular weight is 268 g/mol. The molecule has 0 aromatic carbocycles. The maximum Gasteiger partial charge on any atom is 0.125 e. The molecule has 0 radical (unpaired) electrons. The van der Waals surface area contributed by atoms with Gasteiger partial charge in [-0.25, -0.2) is 4.98 Å². The Bertz CT molecular complexity index is 400. The predicted molar refractivity (Wildman–Crippen MR) is 76.1 cm³/mol. The molecule has 0 aliphatic heterocycles. The molecular formula is C14H24N2OS. The first kappa shape index (κ1) is 14.0. The molecule has 0 saturated carbocycles. The lowest BCUT2D eigenvalue weighted by Gasteiger charge is -2.22. The van der Waals surface area contributed by atoms with E-state index in [1.807, 2.05) is 11.3 Å². The Morgan fingerprint density at radius 2 is 2.28 bits per heavy atom. The van der Waals surface area contributed by atoms with Crippen LogP contribution >= 0.6 is 11.3 Å². The molecule has 1 heterocycles. The van der Waals surface area contributed by atoms with E-state index < -0.39 is 0 Å². The van der Waals surface area contributed by atoms with E-state index in [0.29, 0.717) is 6.04 Å². The minimum absolute atomic E-state index is 0.267. The number of aromatic nitrogens is 1. The fraction of sp³-hybridized carbons (Fsp3) is 0.786. The molecule has 1 aromatic heterocycles. The van der Waals surface area contributed by atoms with Crippen molar-refractivity contribution < 1.29 is 4.74 Å². The Labute approximate surface area is 114 Å². The van der Waals surface area contributed by atoms with Gasteiger partial charge in [-0.1, -0.05) is 6.92 Å². The van der Waals surface area contributed by atoms with Crippen LogP contribution in [-0.2, 0) is 16.8 Å². The van der Waals surface area contributed by atoms with Crippen LogP contribution in [0.25, 0.3) is 0 Å². The first-order valence-electron chi connectivity index (χ1n) is 6.87. The molecule has 0 bridgehead atoms. The van der Waals surface area contributed by atoms with E-state index in [1.165, 1.54) is 36.3 Å². The van der Waals surface area contributed by atoms with E-state index in [4.69, 9.17) is 9.72 Å². The summed E-state index contributed by atoms with van der Waals surface area (Å²) in [5.41, 5.74) is 1.01. The van der Waals surface area contributed by atoms with Gasteiger partial charge in [-0.05, 0) is 46.1 Å². The van der Waals surface area contributed by atoms with Crippen molar-refractivity contribution in [2.45, 2.75) is 58.1 Å². The van der Waals surface area contributed by atoms with Gasteiger partial charge in [0.05, 0.1) is 11.7 Å². The van der Waals surface area contributed by atoms with E-state index in [1.54, 1.807) is 7.11 Å². The highest BCUT2D eigenvalue weighted by atomic mass is 32.1. The number of nitrogens with zero attached hydrogens (tertiary/aromatic N) is 1. The van der Waals surface area contributed by atoms with Crippen LogP contribution in [0.1, 0.15) is 61.7 Å². The summed E-state index contributed by atoms with van der Waals surface area (Å²) < 4.78 is 5.55. The smallest absolute Gasteiger partial charge is 0.125 e. The predicted octanol–water partition coefficient (Wildman–Crippen LogP) is 3.40.